The number of halogens is 1. The second kappa shape index (κ2) is 4.22. The molecule has 19 heavy (non-hydrogen) atoms. The van der Waals surface area contributed by atoms with Crippen LogP contribution in [0.3, 0.4) is 0 Å². The van der Waals surface area contributed by atoms with Gasteiger partial charge in [-0.15, -0.1) is 11.3 Å². The summed E-state index contributed by atoms with van der Waals surface area (Å²) in [5, 5.41) is 13.8. The lowest BCUT2D eigenvalue weighted by Crippen LogP contribution is -2.09. The second-order valence-electron chi connectivity index (χ2n) is 3.72. The molecule has 0 fully saturated rings. The number of nitrogens with zero attached hydrogens (tertiary/aromatic N) is 3. The number of carbonyl (C=O) groups is 1. The van der Waals surface area contributed by atoms with E-state index in [1.807, 2.05) is 0 Å². The Balaban J connectivity index is 2.36. The first-order valence-electron chi connectivity index (χ1n) is 5.15. The van der Waals surface area contributed by atoms with Gasteiger partial charge < -0.3 is 5.11 Å². The molecular formula is C11H6ClN4O2S. The van der Waals surface area contributed by atoms with Crippen LogP contribution < -0.4 is 5.73 Å². The molecule has 0 aliphatic heterocycles. The highest BCUT2D eigenvalue weighted by Gasteiger charge is 2.19. The van der Waals surface area contributed by atoms with E-state index in [0.717, 1.165) is 9.39 Å². The maximum atomic E-state index is 11.2. The van der Waals surface area contributed by atoms with Crippen molar-refractivity contribution in [2.24, 2.45) is 0 Å². The molecule has 0 saturated carbocycles. The first kappa shape index (κ1) is 11.9. The van der Waals surface area contributed by atoms with E-state index in [0.29, 0.717) is 15.5 Å². The van der Waals surface area contributed by atoms with Gasteiger partial charge in [-0.2, -0.15) is 5.10 Å². The molecule has 0 aliphatic carbocycles. The van der Waals surface area contributed by atoms with Gasteiger partial charge in [0.15, 0.2) is 11.3 Å². The van der Waals surface area contributed by atoms with Crippen LogP contribution in [0.4, 0.5) is 0 Å². The van der Waals surface area contributed by atoms with Crippen molar-refractivity contribution in [2.75, 3.05) is 0 Å². The average Bonchev–Trinajstić information content (AvgIpc) is 2.95. The number of hydrogen-bond acceptors (Lipinski definition) is 5. The van der Waals surface area contributed by atoms with E-state index in [-0.39, 0.29) is 11.4 Å². The third kappa shape index (κ3) is 1.83. The van der Waals surface area contributed by atoms with Crippen molar-refractivity contribution < 1.29 is 9.90 Å². The summed E-state index contributed by atoms with van der Waals surface area (Å²) in [4.78, 5) is 16.1. The van der Waals surface area contributed by atoms with Crippen LogP contribution in [-0.4, -0.2) is 25.6 Å². The van der Waals surface area contributed by atoms with Gasteiger partial charge in [0.25, 0.3) is 5.91 Å². The fourth-order valence-electron chi connectivity index (χ4n) is 1.82. The van der Waals surface area contributed by atoms with Crippen LogP contribution in [-0.2, 0) is 0 Å². The number of amides is 1. The highest BCUT2D eigenvalue weighted by Crippen LogP contribution is 2.35. The van der Waals surface area contributed by atoms with Crippen LogP contribution in [0.5, 0.6) is 5.75 Å². The molecule has 0 aliphatic rings. The van der Waals surface area contributed by atoms with Gasteiger partial charge >= 0.3 is 0 Å². The van der Waals surface area contributed by atoms with Gasteiger partial charge in [0.1, 0.15) is 12.1 Å². The Hall–Kier alpha value is -2.12. The molecule has 1 radical (unpaired) electrons. The molecule has 3 aromatic rings. The van der Waals surface area contributed by atoms with E-state index in [1.54, 1.807) is 12.1 Å². The van der Waals surface area contributed by atoms with Crippen molar-refractivity contribution in [3.05, 3.63) is 34.6 Å². The third-order valence-electron chi connectivity index (χ3n) is 2.58. The lowest BCUT2D eigenvalue weighted by Gasteiger charge is -2.06. The van der Waals surface area contributed by atoms with Crippen LogP contribution in [0.15, 0.2) is 24.5 Å². The fraction of sp³-hybridized carbons (Fsp3) is 0. The van der Waals surface area contributed by atoms with Crippen LogP contribution in [0.25, 0.3) is 16.1 Å². The predicted octanol–water partition coefficient (Wildman–Crippen LogP) is 2.24. The van der Waals surface area contributed by atoms with Crippen molar-refractivity contribution in [3.63, 3.8) is 0 Å². The van der Waals surface area contributed by atoms with Gasteiger partial charge in [-0.05, 0) is 18.2 Å². The number of pyridine rings is 1. The Kier molecular flexibility index (Phi) is 2.65. The van der Waals surface area contributed by atoms with E-state index in [9.17, 15) is 9.90 Å². The number of hydrogen-bond donors (Lipinski definition) is 1. The fourth-order valence-corrected chi connectivity index (χ4v) is 2.87. The summed E-state index contributed by atoms with van der Waals surface area (Å²) in [5.74, 6) is -1.33. The second-order valence-corrected chi connectivity index (χ2v) is 5.44. The molecule has 0 bridgehead atoms. The van der Waals surface area contributed by atoms with Gasteiger partial charge in [-0.3, -0.25) is 10.5 Å². The van der Waals surface area contributed by atoms with E-state index in [2.05, 4.69) is 10.1 Å². The molecule has 0 atom stereocenters. The maximum Gasteiger partial charge on any atom is 0.292 e. The van der Waals surface area contributed by atoms with Crippen LogP contribution in [0.2, 0.25) is 4.34 Å². The quantitative estimate of drug-likeness (QED) is 0.784. The highest BCUT2D eigenvalue weighted by molar-refractivity contribution is 7.19. The molecule has 0 unspecified atom stereocenters. The monoisotopic (exact) mass is 293 g/mol. The largest absolute Gasteiger partial charge is 0.505 e. The SMILES string of the molecule is [NH]C(=O)c1c(O)cc(-c2ccc(Cl)s2)c2ncnn12. The molecule has 8 heteroatoms. The maximum absolute atomic E-state index is 11.2. The van der Waals surface area contributed by atoms with Gasteiger partial charge in [0.2, 0.25) is 0 Å². The Bertz CT molecular complexity index is 795. The zero-order chi connectivity index (χ0) is 13.6. The molecule has 3 heterocycles. The number of aromatic nitrogens is 3. The van der Waals surface area contributed by atoms with Gasteiger partial charge in [-0.1, -0.05) is 11.6 Å². The Morgan fingerprint density at radius 3 is 2.89 bits per heavy atom. The minimum Gasteiger partial charge on any atom is -0.505 e. The summed E-state index contributed by atoms with van der Waals surface area (Å²) in [7, 11) is 0. The minimum atomic E-state index is -1.02. The third-order valence-corrected chi connectivity index (χ3v) is 3.84. The molecule has 95 valence electrons. The number of fused-ring (bicyclic) bond motifs is 1. The van der Waals surface area contributed by atoms with Crippen molar-refractivity contribution in [3.8, 4) is 16.2 Å². The highest BCUT2D eigenvalue weighted by atomic mass is 35.5. The standard InChI is InChI=1S/C11H6ClN4O2S/c12-8-2-1-7(19-8)5-3-6(17)9(10(13)18)16-11(5)14-4-15-16/h1-4,13,17H. The number of nitrogens with one attached hydrogen (secondary N) is 1. The summed E-state index contributed by atoms with van der Waals surface area (Å²) in [6.07, 6.45) is 1.26. The summed E-state index contributed by atoms with van der Waals surface area (Å²) >= 11 is 7.21. The lowest BCUT2D eigenvalue weighted by molar-refractivity contribution is 0.0982. The average molecular weight is 294 g/mol. The Labute approximate surface area is 116 Å². The van der Waals surface area contributed by atoms with E-state index < -0.39 is 5.91 Å². The van der Waals surface area contributed by atoms with E-state index in [4.69, 9.17) is 17.3 Å². The van der Waals surface area contributed by atoms with Crippen molar-refractivity contribution in [1.29, 1.82) is 0 Å². The smallest absolute Gasteiger partial charge is 0.292 e. The summed E-state index contributed by atoms with van der Waals surface area (Å²) < 4.78 is 1.76. The molecule has 6 nitrogen and oxygen atoms in total. The molecule has 3 rings (SSSR count). The topological polar surface area (TPSA) is 91.3 Å². The van der Waals surface area contributed by atoms with Crippen LogP contribution in [0.1, 0.15) is 10.5 Å². The summed E-state index contributed by atoms with van der Waals surface area (Å²) in [5.41, 5.74) is 7.95. The molecule has 0 saturated heterocycles. The van der Waals surface area contributed by atoms with Gasteiger partial charge in [-0.25, -0.2) is 9.50 Å². The summed E-state index contributed by atoms with van der Waals surface area (Å²) in [6, 6.07) is 4.92. The normalized spacial score (nSPS) is 11.0. The van der Waals surface area contributed by atoms with Crippen molar-refractivity contribution in [2.45, 2.75) is 0 Å². The van der Waals surface area contributed by atoms with Gasteiger partial charge in [0, 0.05) is 10.4 Å². The lowest BCUT2D eigenvalue weighted by atomic mass is 10.2. The first-order valence-corrected chi connectivity index (χ1v) is 6.34. The predicted molar refractivity (Wildman–Crippen MR) is 70.4 cm³/mol. The minimum absolute atomic E-state index is 0.209. The van der Waals surface area contributed by atoms with Crippen molar-refractivity contribution >= 4 is 34.5 Å². The molecule has 3 aromatic heterocycles. The molecular weight excluding hydrogens is 288 g/mol. The van der Waals surface area contributed by atoms with E-state index in [1.165, 1.54) is 23.7 Å². The van der Waals surface area contributed by atoms with Crippen LogP contribution >= 0.6 is 22.9 Å². The van der Waals surface area contributed by atoms with Gasteiger partial charge in [0.05, 0.1) is 4.34 Å². The number of thiophene rings is 1. The molecule has 1 amide bonds. The number of carbonyl (C=O) groups excluding carboxylic acids is 1. The Morgan fingerprint density at radius 2 is 2.26 bits per heavy atom. The first-order chi connectivity index (χ1) is 9.08. The Morgan fingerprint density at radius 1 is 1.47 bits per heavy atom. The number of rotatable bonds is 2. The summed E-state index contributed by atoms with van der Waals surface area (Å²) in [6.45, 7) is 0. The van der Waals surface area contributed by atoms with E-state index >= 15 is 0 Å². The van der Waals surface area contributed by atoms with Crippen LogP contribution in [0, 0.1) is 0 Å². The number of aromatic hydroxyl groups is 1. The zero-order valence-corrected chi connectivity index (χ0v) is 10.9. The zero-order valence-electron chi connectivity index (χ0n) is 9.29. The van der Waals surface area contributed by atoms with Crippen molar-refractivity contribution in [1.82, 2.24) is 20.3 Å². The molecule has 0 spiro atoms. The molecule has 2 N–H and O–H groups in total. The molecule has 0 aromatic carbocycles.